The van der Waals surface area contributed by atoms with E-state index in [1.165, 1.54) is 0 Å². The van der Waals surface area contributed by atoms with E-state index in [1.54, 1.807) is 6.92 Å². The Labute approximate surface area is 163 Å². The molecular weight excluding hydrogens is 346 g/mol. The molecule has 0 aromatic heterocycles. The molecular formula is C19H37N5O3. The maximum atomic E-state index is 11.8. The van der Waals surface area contributed by atoms with E-state index in [9.17, 15) is 9.59 Å². The molecule has 1 saturated heterocycles. The zero-order valence-electron chi connectivity index (χ0n) is 17.5. The first kappa shape index (κ1) is 23.0. The molecule has 156 valence electrons. The van der Waals surface area contributed by atoms with Crippen LogP contribution in [0, 0.1) is 5.92 Å². The van der Waals surface area contributed by atoms with Crippen molar-refractivity contribution in [2.24, 2.45) is 10.9 Å². The van der Waals surface area contributed by atoms with Gasteiger partial charge in [-0.3, -0.25) is 9.79 Å². The molecule has 1 aliphatic rings. The molecule has 2 unspecified atom stereocenters. The molecule has 0 saturated carbocycles. The third-order valence-electron chi connectivity index (χ3n) is 4.35. The Bertz CT molecular complexity index is 496. The van der Waals surface area contributed by atoms with Crippen molar-refractivity contribution in [3.8, 4) is 0 Å². The van der Waals surface area contributed by atoms with Gasteiger partial charge in [0.1, 0.15) is 0 Å². The Hall–Kier alpha value is -1.99. The second-order valence-corrected chi connectivity index (χ2v) is 7.23. The number of nitrogens with one attached hydrogen (secondary N) is 3. The van der Waals surface area contributed by atoms with Gasteiger partial charge in [-0.15, -0.1) is 0 Å². The van der Waals surface area contributed by atoms with Gasteiger partial charge in [-0.1, -0.05) is 20.8 Å². The van der Waals surface area contributed by atoms with Crippen LogP contribution in [0.5, 0.6) is 0 Å². The van der Waals surface area contributed by atoms with Crippen LogP contribution in [0.4, 0.5) is 4.79 Å². The minimum absolute atomic E-state index is 0.0822. The number of nitrogens with zero attached hydrogens (tertiary/aromatic N) is 2. The van der Waals surface area contributed by atoms with Gasteiger partial charge in [-0.05, 0) is 32.6 Å². The van der Waals surface area contributed by atoms with E-state index in [-0.39, 0.29) is 18.0 Å². The number of carbonyl (C=O) groups excluding carboxylic acids is 2. The molecule has 1 fully saturated rings. The van der Waals surface area contributed by atoms with E-state index in [0.717, 1.165) is 25.9 Å². The fourth-order valence-corrected chi connectivity index (χ4v) is 3.13. The molecule has 0 spiro atoms. The highest BCUT2D eigenvalue weighted by molar-refractivity contribution is 5.80. The Morgan fingerprint density at radius 3 is 2.59 bits per heavy atom. The SMILES string of the molecule is CCNC(=NCC(CC(C)C)NC(=O)OCC)NC1CCN(C(=O)CC)C1. The molecule has 8 nitrogen and oxygen atoms in total. The van der Waals surface area contributed by atoms with E-state index in [2.05, 4.69) is 34.8 Å². The topological polar surface area (TPSA) is 95.1 Å². The van der Waals surface area contributed by atoms with Crippen LogP contribution in [0.1, 0.15) is 53.9 Å². The summed E-state index contributed by atoms with van der Waals surface area (Å²) in [6.07, 6.45) is 1.87. The van der Waals surface area contributed by atoms with Gasteiger partial charge in [0.15, 0.2) is 5.96 Å². The van der Waals surface area contributed by atoms with Gasteiger partial charge < -0.3 is 25.6 Å². The van der Waals surface area contributed by atoms with Crippen molar-refractivity contribution >= 4 is 18.0 Å². The largest absolute Gasteiger partial charge is 0.450 e. The maximum absolute atomic E-state index is 11.8. The number of aliphatic imine (C=N–C) groups is 1. The van der Waals surface area contributed by atoms with Crippen molar-refractivity contribution in [3.05, 3.63) is 0 Å². The fourth-order valence-electron chi connectivity index (χ4n) is 3.13. The molecule has 2 amide bonds. The average Bonchev–Trinajstić information content (AvgIpc) is 3.07. The molecule has 0 aromatic rings. The standard InChI is InChI=1S/C19H37N5O3/c1-6-17(25)24-10-9-15(13-24)22-18(20-7-2)21-12-16(11-14(4)5)23-19(26)27-8-3/h14-16H,6-13H2,1-5H3,(H,23,26)(H2,20,21,22). The van der Waals surface area contributed by atoms with E-state index in [4.69, 9.17) is 4.74 Å². The minimum atomic E-state index is -0.402. The van der Waals surface area contributed by atoms with Crippen molar-refractivity contribution in [1.82, 2.24) is 20.9 Å². The van der Waals surface area contributed by atoms with E-state index in [0.29, 0.717) is 38.0 Å². The lowest BCUT2D eigenvalue weighted by Crippen LogP contribution is -2.46. The van der Waals surface area contributed by atoms with Crippen molar-refractivity contribution in [1.29, 1.82) is 0 Å². The lowest BCUT2D eigenvalue weighted by molar-refractivity contribution is -0.129. The molecule has 0 aliphatic carbocycles. The van der Waals surface area contributed by atoms with Crippen molar-refractivity contribution in [2.45, 2.75) is 66.0 Å². The number of alkyl carbamates (subject to hydrolysis) is 1. The first-order chi connectivity index (χ1) is 12.9. The summed E-state index contributed by atoms with van der Waals surface area (Å²) in [4.78, 5) is 30.2. The molecule has 1 heterocycles. The van der Waals surface area contributed by atoms with Crippen LogP contribution in [0.15, 0.2) is 4.99 Å². The molecule has 1 rings (SSSR count). The zero-order valence-corrected chi connectivity index (χ0v) is 17.5. The monoisotopic (exact) mass is 383 g/mol. The number of ether oxygens (including phenoxy) is 1. The average molecular weight is 384 g/mol. The van der Waals surface area contributed by atoms with Gasteiger partial charge in [0.05, 0.1) is 19.2 Å². The second-order valence-electron chi connectivity index (χ2n) is 7.23. The summed E-state index contributed by atoms with van der Waals surface area (Å²) in [5.74, 6) is 1.34. The number of amides is 2. The molecule has 0 bridgehead atoms. The summed E-state index contributed by atoms with van der Waals surface area (Å²) in [5.41, 5.74) is 0. The van der Waals surface area contributed by atoms with E-state index < -0.39 is 6.09 Å². The van der Waals surface area contributed by atoms with Gasteiger partial charge in [0.25, 0.3) is 0 Å². The summed E-state index contributed by atoms with van der Waals surface area (Å²) in [6, 6.07) is 0.112. The first-order valence-electron chi connectivity index (χ1n) is 10.1. The molecule has 3 N–H and O–H groups in total. The number of hydrogen-bond acceptors (Lipinski definition) is 4. The fraction of sp³-hybridized carbons (Fsp3) is 0.842. The smallest absolute Gasteiger partial charge is 0.407 e. The molecule has 8 heteroatoms. The first-order valence-corrected chi connectivity index (χ1v) is 10.1. The lowest BCUT2D eigenvalue weighted by atomic mass is 10.0. The molecule has 0 aromatic carbocycles. The molecule has 1 aliphatic heterocycles. The second kappa shape index (κ2) is 12.4. The molecule has 2 atom stereocenters. The predicted octanol–water partition coefficient (Wildman–Crippen LogP) is 1.71. The summed E-state index contributed by atoms with van der Waals surface area (Å²) in [6.45, 7) is 13.0. The number of rotatable bonds is 9. The Morgan fingerprint density at radius 1 is 1.26 bits per heavy atom. The van der Waals surface area contributed by atoms with Crippen LogP contribution in [-0.2, 0) is 9.53 Å². The summed E-state index contributed by atoms with van der Waals surface area (Å²) >= 11 is 0. The highest BCUT2D eigenvalue weighted by atomic mass is 16.5. The van der Waals surface area contributed by atoms with E-state index in [1.807, 2.05) is 18.7 Å². The molecule has 0 radical (unpaired) electrons. The van der Waals surface area contributed by atoms with Gasteiger partial charge in [-0.2, -0.15) is 0 Å². The number of carbonyl (C=O) groups is 2. The lowest BCUT2D eigenvalue weighted by Gasteiger charge is -2.21. The van der Waals surface area contributed by atoms with Crippen LogP contribution in [0.2, 0.25) is 0 Å². The Balaban J connectivity index is 2.65. The summed E-state index contributed by atoms with van der Waals surface area (Å²) < 4.78 is 4.99. The third kappa shape index (κ3) is 8.97. The number of likely N-dealkylation sites (tertiary alicyclic amines) is 1. The van der Waals surface area contributed by atoms with Crippen LogP contribution >= 0.6 is 0 Å². The normalized spacial score (nSPS) is 18.4. The molecule has 27 heavy (non-hydrogen) atoms. The highest BCUT2D eigenvalue weighted by Crippen LogP contribution is 2.10. The number of guanidine groups is 1. The predicted molar refractivity (Wildman–Crippen MR) is 108 cm³/mol. The zero-order chi connectivity index (χ0) is 20.2. The van der Waals surface area contributed by atoms with Crippen molar-refractivity contribution < 1.29 is 14.3 Å². The van der Waals surface area contributed by atoms with Crippen LogP contribution in [-0.4, -0.2) is 67.7 Å². The van der Waals surface area contributed by atoms with E-state index >= 15 is 0 Å². The van der Waals surface area contributed by atoms with Crippen LogP contribution < -0.4 is 16.0 Å². The van der Waals surface area contributed by atoms with Gasteiger partial charge in [0, 0.05) is 32.1 Å². The maximum Gasteiger partial charge on any atom is 0.407 e. The van der Waals surface area contributed by atoms with Gasteiger partial charge in [-0.25, -0.2) is 4.79 Å². The van der Waals surface area contributed by atoms with Crippen LogP contribution in [0.3, 0.4) is 0 Å². The number of hydrogen-bond donors (Lipinski definition) is 3. The quantitative estimate of drug-likeness (QED) is 0.416. The van der Waals surface area contributed by atoms with Crippen molar-refractivity contribution in [2.75, 3.05) is 32.8 Å². The van der Waals surface area contributed by atoms with Crippen LogP contribution in [0.25, 0.3) is 0 Å². The summed E-state index contributed by atoms with van der Waals surface area (Å²) in [7, 11) is 0. The van der Waals surface area contributed by atoms with Crippen molar-refractivity contribution in [3.63, 3.8) is 0 Å². The Morgan fingerprint density at radius 2 is 2.00 bits per heavy atom. The summed E-state index contributed by atoms with van der Waals surface area (Å²) in [5, 5.41) is 9.55. The Kier molecular flexibility index (Phi) is 10.6. The minimum Gasteiger partial charge on any atom is -0.450 e. The third-order valence-corrected chi connectivity index (χ3v) is 4.35. The van der Waals surface area contributed by atoms with Gasteiger partial charge in [0.2, 0.25) is 5.91 Å². The highest BCUT2D eigenvalue weighted by Gasteiger charge is 2.26. The van der Waals surface area contributed by atoms with Gasteiger partial charge >= 0.3 is 6.09 Å².